The number of hydrogen-bond donors (Lipinski definition) is 2. The Bertz CT molecular complexity index is 718. The molecule has 0 atom stereocenters. The lowest BCUT2D eigenvalue weighted by atomic mass is 10.2. The molecule has 0 aliphatic carbocycles. The highest BCUT2D eigenvalue weighted by atomic mass is 15.1. The molecule has 0 aliphatic heterocycles. The molecule has 3 aromatic rings. The lowest BCUT2D eigenvalue weighted by Crippen LogP contribution is -2.02. The Morgan fingerprint density at radius 1 is 1.24 bits per heavy atom. The molecule has 0 saturated heterocycles. The van der Waals surface area contributed by atoms with E-state index in [1.807, 2.05) is 29.8 Å². The van der Waals surface area contributed by atoms with Gasteiger partial charge in [0.05, 0.1) is 6.33 Å². The highest BCUT2D eigenvalue weighted by Gasteiger charge is 2.01. The Morgan fingerprint density at radius 2 is 2.05 bits per heavy atom. The Hall–Kier alpha value is -2.89. The van der Waals surface area contributed by atoms with E-state index >= 15 is 0 Å². The van der Waals surface area contributed by atoms with Crippen LogP contribution >= 0.6 is 0 Å². The van der Waals surface area contributed by atoms with Gasteiger partial charge in [0.25, 0.3) is 0 Å². The second-order valence-corrected chi connectivity index (χ2v) is 4.82. The highest BCUT2D eigenvalue weighted by molar-refractivity contribution is 5.55. The van der Waals surface area contributed by atoms with Gasteiger partial charge in [0.15, 0.2) is 0 Å². The molecule has 3 rings (SSSR count). The molecule has 6 heteroatoms. The van der Waals surface area contributed by atoms with Crippen LogP contribution in [-0.4, -0.2) is 19.5 Å². The normalized spacial score (nSPS) is 10.5. The Balaban J connectivity index is 1.70. The van der Waals surface area contributed by atoms with Gasteiger partial charge >= 0.3 is 0 Å². The van der Waals surface area contributed by atoms with Crippen molar-refractivity contribution in [2.75, 3.05) is 11.1 Å². The third kappa shape index (κ3) is 3.17. The van der Waals surface area contributed by atoms with Crippen molar-refractivity contribution >= 4 is 17.5 Å². The number of nitrogens with zero attached hydrogens (tertiary/aromatic N) is 4. The van der Waals surface area contributed by atoms with Gasteiger partial charge in [0.2, 0.25) is 5.95 Å². The summed E-state index contributed by atoms with van der Waals surface area (Å²) in [5, 5.41) is 3.14. The van der Waals surface area contributed by atoms with Crippen LogP contribution in [0.15, 0.2) is 49.2 Å². The van der Waals surface area contributed by atoms with E-state index in [1.165, 1.54) is 5.56 Å². The van der Waals surface area contributed by atoms with Gasteiger partial charge in [-0.05, 0) is 24.6 Å². The number of nitrogen functional groups attached to an aromatic ring is 1. The molecule has 0 bridgehead atoms. The van der Waals surface area contributed by atoms with E-state index in [2.05, 4.69) is 32.4 Å². The van der Waals surface area contributed by atoms with Crippen LogP contribution in [0.2, 0.25) is 0 Å². The number of aryl methyl sites for hydroxylation is 1. The van der Waals surface area contributed by atoms with E-state index in [1.54, 1.807) is 18.7 Å². The maximum absolute atomic E-state index is 5.77. The number of nitrogens with one attached hydrogen (secondary N) is 1. The van der Waals surface area contributed by atoms with Gasteiger partial charge in [-0.2, -0.15) is 4.98 Å². The van der Waals surface area contributed by atoms with Crippen molar-refractivity contribution in [1.82, 2.24) is 19.5 Å². The molecule has 6 nitrogen and oxygen atoms in total. The highest BCUT2D eigenvalue weighted by Crippen LogP contribution is 2.16. The lowest BCUT2D eigenvalue weighted by molar-refractivity contribution is 0.797. The predicted octanol–water partition coefficient (Wildman–Crippen LogP) is 2.36. The van der Waals surface area contributed by atoms with Crippen LogP contribution in [0, 0.1) is 6.92 Å². The van der Waals surface area contributed by atoms with Crippen LogP contribution in [0.25, 0.3) is 0 Å². The first kappa shape index (κ1) is 13.1. The van der Waals surface area contributed by atoms with Gasteiger partial charge < -0.3 is 15.6 Å². The second kappa shape index (κ2) is 5.62. The van der Waals surface area contributed by atoms with Crippen LogP contribution in [-0.2, 0) is 6.54 Å². The molecule has 2 aromatic heterocycles. The minimum Gasteiger partial charge on any atom is -0.383 e. The number of aromatic nitrogens is 4. The topological polar surface area (TPSA) is 81.7 Å². The molecule has 0 amide bonds. The second-order valence-electron chi connectivity index (χ2n) is 4.82. The summed E-state index contributed by atoms with van der Waals surface area (Å²) >= 11 is 0. The quantitative estimate of drug-likeness (QED) is 0.766. The summed E-state index contributed by atoms with van der Waals surface area (Å²) in [4.78, 5) is 12.4. The summed E-state index contributed by atoms with van der Waals surface area (Å²) in [5.74, 6) is 0.990. The monoisotopic (exact) mass is 280 g/mol. The predicted molar refractivity (Wildman–Crippen MR) is 82.2 cm³/mol. The minimum absolute atomic E-state index is 0.490. The summed E-state index contributed by atoms with van der Waals surface area (Å²) in [7, 11) is 0. The van der Waals surface area contributed by atoms with Crippen LogP contribution in [0.4, 0.5) is 17.5 Å². The number of rotatable bonds is 4. The molecule has 106 valence electrons. The van der Waals surface area contributed by atoms with E-state index in [0.29, 0.717) is 11.8 Å². The van der Waals surface area contributed by atoms with Crippen molar-refractivity contribution in [3.8, 4) is 0 Å². The fourth-order valence-electron chi connectivity index (χ4n) is 1.93. The summed E-state index contributed by atoms with van der Waals surface area (Å²) in [5.41, 5.74) is 8.77. The lowest BCUT2D eigenvalue weighted by Gasteiger charge is -2.08. The maximum atomic E-state index is 5.77. The minimum atomic E-state index is 0.490. The molecule has 21 heavy (non-hydrogen) atoms. The molecule has 0 radical (unpaired) electrons. The molecule has 0 fully saturated rings. The van der Waals surface area contributed by atoms with Crippen LogP contribution < -0.4 is 11.1 Å². The van der Waals surface area contributed by atoms with Crippen molar-refractivity contribution < 1.29 is 0 Å². The zero-order valence-electron chi connectivity index (χ0n) is 11.7. The van der Waals surface area contributed by atoms with Crippen molar-refractivity contribution in [2.24, 2.45) is 0 Å². The van der Waals surface area contributed by atoms with Gasteiger partial charge in [0.1, 0.15) is 5.82 Å². The molecule has 0 aliphatic rings. The number of benzene rings is 1. The third-order valence-corrected chi connectivity index (χ3v) is 3.15. The van der Waals surface area contributed by atoms with E-state index in [4.69, 9.17) is 5.73 Å². The Kier molecular flexibility index (Phi) is 3.51. The first-order valence-electron chi connectivity index (χ1n) is 6.61. The first-order valence-corrected chi connectivity index (χ1v) is 6.61. The standard InChI is InChI=1S/C15H16N6/c1-11-8-18-15(20-14(11)16)19-13-4-2-12(3-5-13)9-21-7-6-17-10-21/h2-8,10H,9H2,1H3,(H3,16,18,19,20). The van der Waals surface area contributed by atoms with Gasteiger partial charge in [0, 0.05) is 36.4 Å². The smallest absolute Gasteiger partial charge is 0.229 e. The Labute approximate surface area is 122 Å². The molecule has 0 spiro atoms. The largest absolute Gasteiger partial charge is 0.383 e. The van der Waals surface area contributed by atoms with Gasteiger partial charge in [-0.3, -0.25) is 0 Å². The van der Waals surface area contributed by atoms with Crippen LogP contribution in [0.3, 0.4) is 0 Å². The fourth-order valence-corrected chi connectivity index (χ4v) is 1.93. The number of hydrogen-bond acceptors (Lipinski definition) is 5. The van der Waals surface area contributed by atoms with Gasteiger partial charge in [-0.15, -0.1) is 0 Å². The zero-order valence-corrected chi connectivity index (χ0v) is 11.7. The molecular formula is C15H16N6. The van der Waals surface area contributed by atoms with Crippen molar-refractivity contribution in [3.05, 3.63) is 60.3 Å². The Morgan fingerprint density at radius 3 is 2.71 bits per heavy atom. The molecule has 0 unspecified atom stereocenters. The number of imidazole rings is 1. The van der Waals surface area contributed by atoms with E-state index < -0.39 is 0 Å². The van der Waals surface area contributed by atoms with E-state index in [9.17, 15) is 0 Å². The average molecular weight is 280 g/mol. The van der Waals surface area contributed by atoms with Crippen molar-refractivity contribution in [2.45, 2.75) is 13.5 Å². The molecule has 1 aromatic carbocycles. The number of nitrogens with two attached hydrogens (primary N) is 1. The van der Waals surface area contributed by atoms with Crippen molar-refractivity contribution in [1.29, 1.82) is 0 Å². The number of anilines is 3. The SMILES string of the molecule is Cc1cnc(Nc2ccc(Cn3ccnc3)cc2)nc1N. The molecule has 2 heterocycles. The van der Waals surface area contributed by atoms with E-state index in [0.717, 1.165) is 17.8 Å². The summed E-state index contributed by atoms with van der Waals surface area (Å²) in [6, 6.07) is 8.09. The van der Waals surface area contributed by atoms with Gasteiger partial charge in [-0.25, -0.2) is 9.97 Å². The van der Waals surface area contributed by atoms with Crippen LogP contribution in [0.1, 0.15) is 11.1 Å². The van der Waals surface area contributed by atoms with Crippen LogP contribution in [0.5, 0.6) is 0 Å². The first-order chi connectivity index (χ1) is 10.2. The molecule has 3 N–H and O–H groups in total. The fraction of sp³-hybridized carbons (Fsp3) is 0.133. The third-order valence-electron chi connectivity index (χ3n) is 3.15. The molecular weight excluding hydrogens is 264 g/mol. The summed E-state index contributed by atoms with van der Waals surface area (Å²) in [6.45, 7) is 2.68. The zero-order chi connectivity index (χ0) is 14.7. The van der Waals surface area contributed by atoms with E-state index in [-0.39, 0.29) is 0 Å². The summed E-state index contributed by atoms with van der Waals surface area (Å²) in [6.07, 6.45) is 7.22. The maximum Gasteiger partial charge on any atom is 0.229 e. The van der Waals surface area contributed by atoms with Crippen molar-refractivity contribution in [3.63, 3.8) is 0 Å². The average Bonchev–Trinajstić information content (AvgIpc) is 2.98. The summed E-state index contributed by atoms with van der Waals surface area (Å²) < 4.78 is 2.02. The van der Waals surface area contributed by atoms with Gasteiger partial charge in [-0.1, -0.05) is 12.1 Å². The molecule has 0 saturated carbocycles.